The van der Waals surface area contributed by atoms with E-state index in [0.717, 1.165) is 26.7 Å². The number of hydrogen-bond acceptors (Lipinski definition) is 7. The SMILES string of the molecule is COc1ccccc1-c1cc(COC(=O)Cc2sc(C)nc2-c2ccc(C)cc2)on1. The Labute approximate surface area is 184 Å². The maximum atomic E-state index is 12.5. The molecule has 0 fully saturated rings. The lowest BCUT2D eigenvalue weighted by Crippen LogP contribution is -2.07. The van der Waals surface area contributed by atoms with Crippen molar-refractivity contribution < 1.29 is 18.8 Å². The summed E-state index contributed by atoms with van der Waals surface area (Å²) in [6, 6.07) is 17.4. The summed E-state index contributed by atoms with van der Waals surface area (Å²) in [7, 11) is 1.60. The molecule has 0 aliphatic heterocycles. The van der Waals surface area contributed by atoms with E-state index < -0.39 is 0 Å². The van der Waals surface area contributed by atoms with Crippen LogP contribution < -0.4 is 4.74 Å². The first-order valence-electron chi connectivity index (χ1n) is 9.81. The monoisotopic (exact) mass is 434 g/mol. The molecule has 31 heavy (non-hydrogen) atoms. The molecule has 2 heterocycles. The molecule has 4 aromatic rings. The highest BCUT2D eigenvalue weighted by Crippen LogP contribution is 2.30. The van der Waals surface area contributed by atoms with E-state index in [9.17, 15) is 4.79 Å². The molecule has 0 radical (unpaired) electrons. The van der Waals surface area contributed by atoms with Crippen LogP contribution in [-0.2, 0) is 22.6 Å². The van der Waals surface area contributed by atoms with Gasteiger partial charge in [-0.1, -0.05) is 47.1 Å². The number of thiazole rings is 1. The standard InChI is InChI=1S/C24H22N2O4S/c1-15-8-10-17(11-9-15)24-22(31-16(2)25-24)13-23(27)29-14-18-12-20(26-30-18)19-6-4-5-7-21(19)28-3/h4-12H,13-14H2,1-3H3. The number of carbonyl (C=O) groups is 1. The molecule has 0 atom stereocenters. The largest absolute Gasteiger partial charge is 0.496 e. The van der Waals surface area contributed by atoms with E-state index in [1.54, 1.807) is 13.2 Å². The molecule has 0 aliphatic carbocycles. The van der Waals surface area contributed by atoms with Crippen LogP contribution in [-0.4, -0.2) is 23.2 Å². The normalized spacial score (nSPS) is 10.8. The molecule has 158 valence electrons. The number of esters is 1. The number of aromatic nitrogens is 2. The zero-order chi connectivity index (χ0) is 21.8. The summed E-state index contributed by atoms with van der Waals surface area (Å²) in [4.78, 5) is 18.0. The second-order valence-electron chi connectivity index (χ2n) is 7.09. The predicted octanol–water partition coefficient (Wildman–Crippen LogP) is 5.38. The van der Waals surface area contributed by atoms with Crippen molar-refractivity contribution in [1.82, 2.24) is 10.1 Å². The van der Waals surface area contributed by atoms with Gasteiger partial charge >= 0.3 is 5.97 Å². The Hall–Kier alpha value is -3.45. The maximum Gasteiger partial charge on any atom is 0.311 e. The van der Waals surface area contributed by atoms with Gasteiger partial charge in [-0.2, -0.15) is 0 Å². The number of rotatable bonds is 7. The first-order valence-corrected chi connectivity index (χ1v) is 10.6. The van der Waals surface area contributed by atoms with Crippen molar-refractivity contribution in [3.63, 3.8) is 0 Å². The molecule has 0 unspecified atom stereocenters. The van der Waals surface area contributed by atoms with Gasteiger partial charge < -0.3 is 14.0 Å². The van der Waals surface area contributed by atoms with Gasteiger partial charge in [-0.15, -0.1) is 11.3 Å². The minimum Gasteiger partial charge on any atom is -0.496 e. The van der Waals surface area contributed by atoms with Crippen LogP contribution in [0.5, 0.6) is 5.75 Å². The van der Waals surface area contributed by atoms with Crippen molar-refractivity contribution in [2.75, 3.05) is 7.11 Å². The van der Waals surface area contributed by atoms with Crippen LogP contribution >= 0.6 is 11.3 Å². The molecule has 7 heteroatoms. The fraction of sp³-hybridized carbons (Fsp3) is 0.208. The zero-order valence-corrected chi connectivity index (χ0v) is 18.4. The van der Waals surface area contributed by atoms with Gasteiger partial charge in [0.1, 0.15) is 11.4 Å². The number of ether oxygens (including phenoxy) is 2. The molecule has 0 saturated heterocycles. The Balaban J connectivity index is 1.42. The van der Waals surface area contributed by atoms with Crippen LogP contribution in [0.2, 0.25) is 0 Å². The summed E-state index contributed by atoms with van der Waals surface area (Å²) in [5, 5.41) is 4.98. The first-order chi connectivity index (χ1) is 15.0. The molecule has 6 nitrogen and oxygen atoms in total. The number of nitrogens with zero attached hydrogens (tertiary/aromatic N) is 2. The Bertz CT molecular complexity index is 1190. The maximum absolute atomic E-state index is 12.5. The average Bonchev–Trinajstić information content (AvgIpc) is 3.39. The van der Waals surface area contributed by atoms with E-state index >= 15 is 0 Å². The van der Waals surface area contributed by atoms with Gasteiger partial charge in [0.15, 0.2) is 12.4 Å². The molecule has 0 amide bonds. The topological polar surface area (TPSA) is 74.5 Å². The van der Waals surface area contributed by atoms with Crippen molar-refractivity contribution in [3.05, 3.63) is 75.8 Å². The first kappa shape index (κ1) is 20.8. The summed E-state index contributed by atoms with van der Waals surface area (Å²) >= 11 is 1.51. The van der Waals surface area contributed by atoms with E-state index in [2.05, 4.69) is 10.1 Å². The third kappa shape index (κ3) is 4.83. The van der Waals surface area contributed by atoms with Crippen molar-refractivity contribution in [2.24, 2.45) is 0 Å². The van der Waals surface area contributed by atoms with Gasteiger partial charge in [0.2, 0.25) is 0 Å². The molecule has 2 aromatic carbocycles. The van der Waals surface area contributed by atoms with Crippen molar-refractivity contribution in [3.8, 4) is 28.3 Å². The molecule has 0 saturated carbocycles. The highest BCUT2D eigenvalue weighted by atomic mass is 32.1. The van der Waals surface area contributed by atoms with E-state index in [-0.39, 0.29) is 19.0 Å². The van der Waals surface area contributed by atoms with Crippen LogP contribution in [0.25, 0.3) is 22.5 Å². The number of methoxy groups -OCH3 is 1. The Morgan fingerprint density at radius 2 is 1.87 bits per heavy atom. The van der Waals surface area contributed by atoms with Gasteiger partial charge in [-0.05, 0) is 26.0 Å². The molecular formula is C24H22N2O4S. The van der Waals surface area contributed by atoms with Gasteiger partial charge in [0.05, 0.1) is 24.2 Å². The van der Waals surface area contributed by atoms with Crippen LogP contribution in [0, 0.1) is 13.8 Å². The highest BCUT2D eigenvalue weighted by molar-refractivity contribution is 7.12. The molecule has 2 aromatic heterocycles. The fourth-order valence-corrected chi connectivity index (χ4v) is 4.17. The van der Waals surface area contributed by atoms with Gasteiger partial charge in [-0.3, -0.25) is 4.79 Å². The highest BCUT2D eigenvalue weighted by Gasteiger charge is 2.17. The number of hydrogen-bond donors (Lipinski definition) is 0. The third-order valence-corrected chi connectivity index (χ3v) is 5.72. The number of aryl methyl sites for hydroxylation is 2. The van der Waals surface area contributed by atoms with Gasteiger partial charge in [0, 0.05) is 22.1 Å². The van der Waals surface area contributed by atoms with Crippen molar-refractivity contribution >= 4 is 17.3 Å². The molecular weight excluding hydrogens is 412 g/mol. The molecule has 0 aliphatic rings. The summed E-state index contributed by atoms with van der Waals surface area (Å²) < 4.78 is 16.1. The van der Waals surface area contributed by atoms with Crippen LogP contribution in [0.3, 0.4) is 0 Å². The van der Waals surface area contributed by atoms with E-state index in [0.29, 0.717) is 17.2 Å². The second-order valence-corrected chi connectivity index (χ2v) is 8.37. The molecule has 4 rings (SSSR count). The number of para-hydroxylation sites is 1. The summed E-state index contributed by atoms with van der Waals surface area (Å²) in [5.74, 6) is 0.823. The summed E-state index contributed by atoms with van der Waals surface area (Å²) in [6.07, 6.45) is 0.155. The minimum atomic E-state index is -0.341. The lowest BCUT2D eigenvalue weighted by Gasteiger charge is -2.04. The smallest absolute Gasteiger partial charge is 0.311 e. The van der Waals surface area contributed by atoms with Crippen LogP contribution in [0.1, 0.15) is 21.2 Å². The average molecular weight is 435 g/mol. The lowest BCUT2D eigenvalue weighted by molar-refractivity contribution is -0.144. The quantitative estimate of drug-likeness (QED) is 0.364. The van der Waals surface area contributed by atoms with Gasteiger partial charge in [0.25, 0.3) is 0 Å². The van der Waals surface area contributed by atoms with E-state index in [4.69, 9.17) is 14.0 Å². The molecule has 0 spiro atoms. The number of carbonyl (C=O) groups excluding carboxylic acids is 1. The molecule has 0 N–H and O–H groups in total. The minimum absolute atomic E-state index is 0.0125. The second kappa shape index (κ2) is 9.14. The predicted molar refractivity (Wildman–Crippen MR) is 119 cm³/mol. The Morgan fingerprint density at radius 1 is 1.10 bits per heavy atom. The van der Waals surface area contributed by atoms with Crippen LogP contribution in [0.15, 0.2) is 59.1 Å². The zero-order valence-electron chi connectivity index (χ0n) is 17.5. The summed E-state index contributed by atoms with van der Waals surface area (Å²) in [6.45, 7) is 3.99. The summed E-state index contributed by atoms with van der Waals surface area (Å²) in [5.41, 5.74) is 4.45. The Morgan fingerprint density at radius 3 is 2.65 bits per heavy atom. The Kier molecular flexibility index (Phi) is 6.13. The lowest BCUT2D eigenvalue weighted by atomic mass is 10.1. The van der Waals surface area contributed by atoms with E-state index in [1.807, 2.05) is 62.4 Å². The van der Waals surface area contributed by atoms with Gasteiger partial charge in [-0.25, -0.2) is 4.98 Å². The van der Waals surface area contributed by atoms with Crippen LogP contribution in [0.4, 0.5) is 0 Å². The van der Waals surface area contributed by atoms with E-state index in [1.165, 1.54) is 16.9 Å². The number of benzene rings is 2. The fourth-order valence-electron chi connectivity index (χ4n) is 3.22. The van der Waals surface area contributed by atoms with Crippen molar-refractivity contribution in [1.29, 1.82) is 0 Å². The van der Waals surface area contributed by atoms with Crippen molar-refractivity contribution in [2.45, 2.75) is 26.9 Å². The molecule has 0 bridgehead atoms. The third-order valence-electron chi connectivity index (χ3n) is 4.75.